The molecule has 8 rings (SSSR count). The van der Waals surface area contributed by atoms with Gasteiger partial charge in [0.1, 0.15) is 11.5 Å². The molecule has 2 heterocycles. The van der Waals surface area contributed by atoms with Crippen LogP contribution in [0.15, 0.2) is 30.3 Å². The van der Waals surface area contributed by atoms with Gasteiger partial charge in [-0.25, -0.2) is 9.79 Å². The lowest BCUT2D eigenvalue weighted by Gasteiger charge is -2.75. The summed E-state index contributed by atoms with van der Waals surface area (Å²) in [5.74, 6) is -0.818. The lowest BCUT2D eigenvalue weighted by molar-refractivity contribution is -0.222. The summed E-state index contributed by atoms with van der Waals surface area (Å²) in [4.78, 5) is 57.6. The zero-order valence-electron chi connectivity index (χ0n) is 30.0. The molecule has 10 atom stereocenters. The van der Waals surface area contributed by atoms with Crippen molar-refractivity contribution in [3.63, 3.8) is 0 Å². The van der Waals surface area contributed by atoms with E-state index in [0.717, 1.165) is 38.5 Å². The zero-order valence-corrected chi connectivity index (χ0v) is 30.0. The minimum atomic E-state index is -0.806. The average Bonchev–Trinajstić information content (AvgIpc) is 3.83. The number of hydrogen-bond acceptors (Lipinski definition) is 9. The molecule has 49 heavy (non-hydrogen) atoms. The number of aliphatic imine (C=N–C) groups is 1. The molecule has 7 aliphatic rings. The highest BCUT2D eigenvalue weighted by Gasteiger charge is 2.81. The van der Waals surface area contributed by atoms with Gasteiger partial charge in [0.25, 0.3) is 0 Å². The second-order valence-electron chi connectivity index (χ2n) is 18.3. The number of fused-ring (bicyclic) bond motifs is 6. The molecule has 0 amide bonds. The van der Waals surface area contributed by atoms with Gasteiger partial charge in [-0.1, -0.05) is 33.3 Å². The number of hydrogen-bond donors (Lipinski definition) is 1. The van der Waals surface area contributed by atoms with Crippen molar-refractivity contribution in [3.8, 4) is 0 Å². The summed E-state index contributed by atoms with van der Waals surface area (Å²) in [6, 6.07) is 0. The molecule has 0 aromatic carbocycles. The van der Waals surface area contributed by atoms with Crippen LogP contribution in [-0.4, -0.2) is 40.4 Å². The first kappa shape index (κ1) is 33.0. The molecule has 10 heteroatoms. The molecular formula is C39H51NO9. The SMILES string of the molecule is Cc1oc(=O)oc1COC1=N[C@@]23CC[C@]4(C)[C@H](C(=O)C=C5[C@@H]6C[C@@](C)(C(=O)O)CC[C@]6(C)CC[C@]54C)[C@@]2(C)CC[C@H](OC(=O)C2CC2)[C@@]13C. The number of carboxylic acid groups (broad SMARTS) is 1. The summed E-state index contributed by atoms with van der Waals surface area (Å²) in [5.41, 5.74) is -2.33. The number of ketones is 1. The van der Waals surface area contributed by atoms with Gasteiger partial charge in [0.15, 0.2) is 29.8 Å². The summed E-state index contributed by atoms with van der Waals surface area (Å²) >= 11 is 0. The van der Waals surface area contributed by atoms with Crippen LogP contribution >= 0.6 is 0 Å². The van der Waals surface area contributed by atoms with Crippen molar-refractivity contribution in [2.45, 2.75) is 137 Å². The Morgan fingerprint density at radius 1 is 0.918 bits per heavy atom. The molecule has 0 saturated heterocycles. The van der Waals surface area contributed by atoms with Gasteiger partial charge in [-0.2, -0.15) is 0 Å². The van der Waals surface area contributed by atoms with Crippen molar-refractivity contribution in [1.82, 2.24) is 0 Å². The molecule has 1 aliphatic heterocycles. The molecule has 0 unspecified atom stereocenters. The first-order valence-corrected chi connectivity index (χ1v) is 18.4. The summed E-state index contributed by atoms with van der Waals surface area (Å²) in [6.07, 6.45) is 9.95. The van der Waals surface area contributed by atoms with Crippen molar-refractivity contribution in [3.05, 3.63) is 33.8 Å². The standard InChI is InChI=1S/C39H51NO9/c1-21-26(48-32(45)47-21)20-46-30-38(7)27(49-29(42)22-8-9-22)10-11-37(6)28-25(41)18-23-24-19-34(3,31(43)44)13-12-33(24,2)14-15-35(23,4)36(28,5)16-17-39(37,38)40-30/h18,22,24,27-28H,8-17,19-20H2,1-7H3,(H,43,44)/t24-,27-,28-,33+,34-,35+,36+,37+,38-,39-/m0/s1. The average molecular weight is 678 g/mol. The Labute approximate surface area is 287 Å². The fraction of sp³-hybridized carbons (Fsp3) is 0.769. The molecule has 1 spiro atoms. The van der Waals surface area contributed by atoms with E-state index < -0.39 is 39.7 Å². The molecule has 1 aromatic rings. The molecule has 0 bridgehead atoms. The summed E-state index contributed by atoms with van der Waals surface area (Å²) in [7, 11) is 0. The van der Waals surface area contributed by atoms with Crippen molar-refractivity contribution in [2.24, 2.45) is 55.2 Å². The van der Waals surface area contributed by atoms with E-state index in [9.17, 15) is 24.3 Å². The summed E-state index contributed by atoms with van der Waals surface area (Å²) < 4.78 is 22.9. The number of carboxylic acids is 1. The lowest BCUT2D eigenvalue weighted by Crippen LogP contribution is -2.79. The minimum absolute atomic E-state index is 0.0252. The Bertz CT molecular complexity index is 1780. The molecule has 5 saturated carbocycles. The van der Waals surface area contributed by atoms with E-state index in [4.69, 9.17) is 23.3 Å². The van der Waals surface area contributed by atoms with Crippen molar-refractivity contribution in [1.29, 1.82) is 0 Å². The van der Waals surface area contributed by atoms with Crippen molar-refractivity contribution >= 4 is 23.6 Å². The van der Waals surface area contributed by atoms with E-state index in [1.54, 1.807) is 6.92 Å². The number of ether oxygens (including phenoxy) is 2. The minimum Gasteiger partial charge on any atom is -0.481 e. The predicted molar refractivity (Wildman–Crippen MR) is 177 cm³/mol. The molecule has 1 N–H and O–H groups in total. The van der Waals surface area contributed by atoms with Gasteiger partial charge in [-0.05, 0) is 120 Å². The van der Waals surface area contributed by atoms with Crippen LogP contribution in [0.5, 0.6) is 0 Å². The molecule has 0 radical (unpaired) electrons. The highest BCUT2D eigenvalue weighted by atomic mass is 16.6. The van der Waals surface area contributed by atoms with Crippen molar-refractivity contribution in [2.75, 3.05) is 0 Å². The fourth-order valence-corrected chi connectivity index (χ4v) is 12.3. The first-order valence-electron chi connectivity index (χ1n) is 18.4. The number of nitrogens with zero attached hydrogens (tertiary/aromatic N) is 1. The largest absolute Gasteiger partial charge is 0.519 e. The Kier molecular flexibility index (Phi) is 6.73. The van der Waals surface area contributed by atoms with Gasteiger partial charge in [0, 0.05) is 11.3 Å². The Hall–Kier alpha value is -3.17. The zero-order chi connectivity index (χ0) is 35.2. The van der Waals surface area contributed by atoms with Gasteiger partial charge >= 0.3 is 17.8 Å². The van der Waals surface area contributed by atoms with E-state index in [0.29, 0.717) is 43.8 Å². The van der Waals surface area contributed by atoms with Crippen LogP contribution in [0.1, 0.15) is 124 Å². The van der Waals surface area contributed by atoms with E-state index in [-0.39, 0.29) is 58.1 Å². The highest BCUT2D eigenvalue weighted by Crippen LogP contribution is 2.78. The van der Waals surface area contributed by atoms with Crippen LogP contribution in [0.4, 0.5) is 0 Å². The number of carbonyl (C=O) groups excluding carboxylic acids is 2. The Morgan fingerprint density at radius 2 is 1.63 bits per heavy atom. The monoisotopic (exact) mass is 677 g/mol. The number of carbonyl (C=O) groups is 3. The molecule has 1 aromatic heterocycles. The quantitative estimate of drug-likeness (QED) is 0.327. The maximum Gasteiger partial charge on any atom is 0.519 e. The van der Waals surface area contributed by atoms with Gasteiger partial charge in [0.05, 0.1) is 16.9 Å². The smallest absolute Gasteiger partial charge is 0.481 e. The third-order valence-electron chi connectivity index (χ3n) is 16.0. The van der Waals surface area contributed by atoms with Crippen molar-refractivity contribution < 1.29 is 37.8 Å². The van der Waals surface area contributed by atoms with Crippen LogP contribution in [0, 0.1) is 57.2 Å². The second-order valence-corrected chi connectivity index (χ2v) is 18.3. The number of rotatable bonds is 5. The topological polar surface area (TPSA) is 146 Å². The predicted octanol–water partition coefficient (Wildman–Crippen LogP) is 6.96. The van der Waals surface area contributed by atoms with Gasteiger partial charge in [-0.15, -0.1) is 0 Å². The van der Waals surface area contributed by atoms with E-state index >= 15 is 0 Å². The maximum atomic E-state index is 14.9. The van der Waals surface area contributed by atoms with E-state index in [2.05, 4.69) is 34.6 Å². The maximum absolute atomic E-state index is 14.9. The van der Waals surface area contributed by atoms with Gasteiger partial charge in [0.2, 0.25) is 0 Å². The normalized spacial score (nSPS) is 46.8. The molecule has 10 nitrogen and oxygen atoms in total. The molecular weight excluding hydrogens is 626 g/mol. The van der Waals surface area contributed by atoms with Crippen LogP contribution in [-0.2, 0) is 30.5 Å². The molecule has 5 fully saturated rings. The van der Waals surface area contributed by atoms with E-state index in [1.807, 2.05) is 13.0 Å². The number of aliphatic carboxylic acids is 1. The second kappa shape index (κ2) is 9.99. The molecule has 266 valence electrons. The summed E-state index contributed by atoms with van der Waals surface area (Å²) in [5, 5.41) is 10.3. The molecule has 6 aliphatic carbocycles. The Balaban J connectivity index is 1.20. The third-order valence-corrected chi connectivity index (χ3v) is 16.0. The van der Waals surface area contributed by atoms with Crippen LogP contribution in [0.25, 0.3) is 0 Å². The highest BCUT2D eigenvalue weighted by molar-refractivity contribution is 5.98. The van der Waals surface area contributed by atoms with Gasteiger partial charge < -0.3 is 23.4 Å². The summed E-state index contributed by atoms with van der Waals surface area (Å²) in [6.45, 7) is 14.8. The third kappa shape index (κ3) is 4.03. The van der Waals surface area contributed by atoms with Crippen LogP contribution in [0.2, 0.25) is 0 Å². The van der Waals surface area contributed by atoms with Crippen LogP contribution < -0.4 is 5.82 Å². The Morgan fingerprint density at radius 3 is 2.29 bits per heavy atom. The lowest BCUT2D eigenvalue weighted by atomic mass is 9.30. The van der Waals surface area contributed by atoms with Gasteiger partial charge in [-0.3, -0.25) is 14.4 Å². The first-order chi connectivity index (χ1) is 22.9. The fourth-order valence-electron chi connectivity index (χ4n) is 12.3. The number of aryl methyl sites for hydroxylation is 1. The van der Waals surface area contributed by atoms with Crippen LogP contribution in [0.3, 0.4) is 0 Å². The number of allylic oxidation sites excluding steroid dienone is 2. The number of esters is 1. The van der Waals surface area contributed by atoms with E-state index in [1.165, 1.54) is 5.57 Å².